The van der Waals surface area contributed by atoms with Gasteiger partial charge in [-0.3, -0.25) is 4.79 Å². The van der Waals surface area contributed by atoms with Gasteiger partial charge in [0.1, 0.15) is 17.1 Å². The Morgan fingerprint density at radius 3 is 2.57 bits per heavy atom. The third-order valence-electron chi connectivity index (χ3n) is 4.50. The lowest BCUT2D eigenvalue weighted by Gasteiger charge is -2.20. The van der Waals surface area contributed by atoms with Crippen molar-refractivity contribution < 1.29 is 17.0 Å². The van der Waals surface area contributed by atoms with E-state index in [1.807, 2.05) is 26.0 Å². The van der Waals surface area contributed by atoms with Crippen molar-refractivity contribution in [3.63, 3.8) is 0 Å². The van der Waals surface area contributed by atoms with Crippen molar-refractivity contribution in [2.24, 2.45) is 5.92 Å². The summed E-state index contributed by atoms with van der Waals surface area (Å²) in [7, 11) is 1.36. The average molecular weight is 490 g/mol. The number of carbonyl (C=O) groups is 1. The van der Waals surface area contributed by atoms with E-state index >= 15 is 0 Å². The summed E-state index contributed by atoms with van der Waals surface area (Å²) in [6.07, 6.45) is 1.65. The summed E-state index contributed by atoms with van der Waals surface area (Å²) in [6.45, 7) is 7.78. The molecule has 2 aliphatic rings. The minimum atomic E-state index is -0.417. The second kappa shape index (κ2) is 8.18. The maximum atomic E-state index is 12.5. The van der Waals surface area contributed by atoms with Gasteiger partial charge in [-0.25, -0.2) is 4.79 Å². The van der Waals surface area contributed by atoms with Gasteiger partial charge in [0.2, 0.25) is 0 Å². The Labute approximate surface area is 176 Å². The summed E-state index contributed by atoms with van der Waals surface area (Å²) in [4.78, 5) is 24.4. The van der Waals surface area contributed by atoms with E-state index in [-0.39, 0.29) is 11.3 Å². The molecule has 0 radical (unpaired) electrons. The molecule has 28 heavy (non-hydrogen) atoms. The first-order valence-electron chi connectivity index (χ1n) is 8.65. The lowest BCUT2D eigenvalue weighted by atomic mass is 9.87. The van der Waals surface area contributed by atoms with Crippen molar-refractivity contribution in [3.05, 3.63) is 70.4 Å². The smallest absolute Gasteiger partial charge is 0.334 e. The third kappa shape index (κ3) is 3.56. The van der Waals surface area contributed by atoms with Crippen molar-refractivity contribution in [2.75, 3.05) is 7.11 Å². The molecule has 0 amide bonds. The van der Waals surface area contributed by atoms with Crippen molar-refractivity contribution >= 4 is 45.5 Å². The van der Waals surface area contributed by atoms with E-state index in [1.165, 1.54) is 19.2 Å². The molecule has 0 aromatic heterocycles. The zero-order chi connectivity index (χ0) is 20.4. The highest BCUT2D eigenvalue weighted by Gasteiger charge is 2.25. The minimum absolute atomic E-state index is 0.0987. The Hall–Kier alpha value is -2.61. The van der Waals surface area contributed by atoms with Gasteiger partial charge in [0.15, 0.2) is 28.4 Å². The summed E-state index contributed by atoms with van der Waals surface area (Å²) in [6, 6.07) is 10.0. The van der Waals surface area contributed by atoms with Gasteiger partial charge in [-0.15, -0.1) is 0 Å². The summed E-state index contributed by atoms with van der Waals surface area (Å²) in [5.74, 6) is 0.521. The van der Waals surface area contributed by atoms with Gasteiger partial charge < -0.3 is 12.2 Å². The number of ether oxygens (including phenoxy) is 1. The quantitative estimate of drug-likeness (QED) is 0.158. The Morgan fingerprint density at radius 1 is 1.21 bits per heavy atom. The number of fused-ring (bicyclic) bond motifs is 2. The van der Waals surface area contributed by atoms with Crippen molar-refractivity contribution in [1.82, 2.24) is 0 Å². The molecule has 0 atom stereocenters. The second-order valence-electron chi connectivity index (χ2n) is 6.55. The SMILES string of the molecule is C=C/C(=C(/C(=O)OC)C(C)C)c1c2ccc(=O)cc-2oc2cc(OI)ccc12. The first-order chi connectivity index (χ1) is 13.4. The third-order valence-corrected chi connectivity index (χ3v) is 5.01. The van der Waals surface area contributed by atoms with Crippen LogP contribution in [0.3, 0.4) is 0 Å². The molecule has 3 rings (SSSR count). The van der Waals surface area contributed by atoms with Crippen LogP contribution in [0.2, 0.25) is 0 Å². The molecule has 0 fully saturated rings. The molecule has 0 saturated carbocycles. The fraction of sp³-hybridized carbons (Fsp3) is 0.182. The van der Waals surface area contributed by atoms with E-state index < -0.39 is 5.97 Å². The topological polar surface area (TPSA) is 65.7 Å². The monoisotopic (exact) mass is 490 g/mol. The highest BCUT2D eigenvalue weighted by Crippen LogP contribution is 2.41. The van der Waals surface area contributed by atoms with E-state index in [4.69, 9.17) is 12.2 Å². The molecule has 1 aromatic carbocycles. The molecule has 5 nitrogen and oxygen atoms in total. The summed E-state index contributed by atoms with van der Waals surface area (Å²) in [5.41, 5.74) is 3.01. The molecule has 0 spiro atoms. The van der Waals surface area contributed by atoms with Crippen LogP contribution in [0.15, 0.2) is 63.8 Å². The predicted octanol–water partition coefficient (Wildman–Crippen LogP) is 5.40. The van der Waals surface area contributed by atoms with Crippen LogP contribution in [0.25, 0.3) is 27.9 Å². The van der Waals surface area contributed by atoms with Crippen LogP contribution in [-0.4, -0.2) is 13.1 Å². The molecular weight excluding hydrogens is 471 g/mol. The molecule has 0 N–H and O–H groups in total. The van der Waals surface area contributed by atoms with E-state index in [0.717, 1.165) is 10.9 Å². The Balaban J connectivity index is 2.54. The molecule has 6 heteroatoms. The normalized spacial score (nSPS) is 12.2. The van der Waals surface area contributed by atoms with E-state index in [1.54, 1.807) is 41.2 Å². The van der Waals surface area contributed by atoms with Gasteiger partial charge >= 0.3 is 5.97 Å². The average Bonchev–Trinajstić information content (AvgIpc) is 2.69. The van der Waals surface area contributed by atoms with E-state index in [9.17, 15) is 9.59 Å². The van der Waals surface area contributed by atoms with Crippen LogP contribution < -0.4 is 8.50 Å². The Morgan fingerprint density at radius 2 is 1.96 bits per heavy atom. The van der Waals surface area contributed by atoms with Crippen LogP contribution in [0.1, 0.15) is 19.4 Å². The second-order valence-corrected chi connectivity index (χ2v) is 6.99. The zero-order valence-electron chi connectivity index (χ0n) is 15.7. The lowest BCUT2D eigenvalue weighted by molar-refractivity contribution is -0.136. The molecular formula is C22H19IO5. The van der Waals surface area contributed by atoms with Gasteiger partial charge in [-0.05, 0) is 35.8 Å². The number of allylic oxidation sites excluding steroid dienone is 2. The predicted molar refractivity (Wildman–Crippen MR) is 118 cm³/mol. The number of methoxy groups -OCH3 is 1. The Kier molecular flexibility index (Phi) is 5.88. The first-order valence-corrected chi connectivity index (χ1v) is 9.53. The molecule has 0 saturated heterocycles. The highest BCUT2D eigenvalue weighted by atomic mass is 127. The standard InChI is InChI=1S/C22H19IO5/c1-5-15(20(12(2)3)22(25)26-4)21-16-8-6-13(24)10-18(16)27-19-11-14(28-23)7-9-17(19)21/h5-12H,1H2,2-4H3/b20-15-. The molecule has 1 aromatic rings. The number of hydrogen-bond donors (Lipinski definition) is 0. The number of halogens is 1. The molecule has 1 heterocycles. The summed E-state index contributed by atoms with van der Waals surface area (Å²) in [5, 5.41) is 0.778. The number of esters is 1. The van der Waals surface area contributed by atoms with Crippen LogP contribution in [0.4, 0.5) is 0 Å². The van der Waals surface area contributed by atoms with Crippen molar-refractivity contribution in [1.29, 1.82) is 0 Å². The van der Waals surface area contributed by atoms with E-state index in [0.29, 0.717) is 33.8 Å². The summed E-state index contributed by atoms with van der Waals surface area (Å²) >= 11 is 1.79. The molecule has 144 valence electrons. The first kappa shape index (κ1) is 20.1. The summed E-state index contributed by atoms with van der Waals surface area (Å²) < 4.78 is 16.3. The van der Waals surface area contributed by atoms with Gasteiger partial charge in [-0.2, -0.15) is 0 Å². The maximum absolute atomic E-state index is 12.5. The van der Waals surface area contributed by atoms with Gasteiger partial charge in [-0.1, -0.05) is 26.5 Å². The van der Waals surface area contributed by atoms with Crippen molar-refractivity contribution in [2.45, 2.75) is 13.8 Å². The number of benzene rings is 2. The lowest BCUT2D eigenvalue weighted by Crippen LogP contribution is -2.13. The number of carbonyl (C=O) groups excluding carboxylic acids is 1. The zero-order valence-corrected chi connectivity index (χ0v) is 17.9. The van der Waals surface area contributed by atoms with Crippen LogP contribution in [-0.2, 0) is 9.53 Å². The minimum Gasteiger partial charge on any atom is -0.466 e. The molecule has 0 unspecified atom stereocenters. The van der Waals surface area contributed by atoms with Crippen LogP contribution >= 0.6 is 23.0 Å². The van der Waals surface area contributed by atoms with E-state index in [2.05, 4.69) is 6.58 Å². The van der Waals surface area contributed by atoms with Gasteiger partial charge in [0.25, 0.3) is 0 Å². The fourth-order valence-electron chi connectivity index (χ4n) is 3.30. The Bertz CT molecular complexity index is 1120. The van der Waals surface area contributed by atoms with Gasteiger partial charge in [0.05, 0.1) is 7.11 Å². The van der Waals surface area contributed by atoms with Crippen LogP contribution in [0.5, 0.6) is 5.75 Å². The largest absolute Gasteiger partial charge is 0.466 e. The number of hydrogen-bond acceptors (Lipinski definition) is 5. The van der Waals surface area contributed by atoms with Crippen molar-refractivity contribution in [3.8, 4) is 17.1 Å². The molecule has 1 aliphatic heterocycles. The van der Waals surface area contributed by atoms with Crippen LogP contribution in [0, 0.1) is 5.92 Å². The number of rotatable bonds is 5. The van der Waals surface area contributed by atoms with Gasteiger partial charge in [0, 0.05) is 34.2 Å². The highest BCUT2D eigenvalue weighted by molar-refractivity contribution is 14.1. The molecule has 1 aliphatic carbocycles. The fourth-order valence-corrected chi connectivity index (χ4v) is 3.58. The maximum Gasteiger partial charge on any atom is 0.334 e. The molecule has 0 bridgehead atoms.